The number of aromatic nitrogens is 1. The van der Waals surface area contributed by atoms with Crippen LogP contribution >= 0.6 is 0 Å². The second-order valence-corrected chi connectivity index (χ2v) is 11.4. The number of hydrogen-bond donors (Lipinski definition) is 2. The van der Waals surface area contributed by atoms with Crippen LogP contribution in [-0.2, 0) is 19.6 Å². The van der Waals surface area contributed by atoms with Gasteiger partial charge in [-0.25, -0.2) is 22.6 Å². The molecule has 15 heteroatoms. The number of carboxylic acids is 1. The van der Waals surface area contributed by atoms with Gasteiger partial charge in [0.1, 0.15) is 11.5 Å². The topological polar surface area (TPSA) is 143 Å². The fraction of sp³-hybridized carbons (Fsp3) is 0.609. The van der Waals surface area contributed by atoms with Gasteiger partial charge in [-0.1, -0.05) is 0 Å². The van der Waals surface area contributed by atoms with Crippen molar-refractivity contribution in [3.8, 4) is 5.88 Å². The molecule has 1 amide bonds. The molecule has 3 N–H and O–H groups in total. The number of carbonyl (C=O) groups excluding carboxylic acids is 1. The van der Waals surface area contributed by atoms with E-state index in [1.54, 1.807) is 0 Å². The lowest BCUT2D eigenvalue weighted by molar-refractivity contribution is -0.192. The summed E-state index contributed by atoms with van der Waals surface area (Å²) in [4.78, 5) is 27.2. The third-order valence-corrected chi connectivity index (χ3v) is 8.55. The fourth-order valence-electron chi connectivity index (χ4n) is 4.20. The van der Waals surface area contributed by atoms with E-state index >= 15 is 0 Å². The van der Waals surface area contributed by atoms with E-state index in [1.165, 1.54) is 22.6 Å². The third-order valence-electron chi connectivity index (χ3n) is 6.73. The largest absolute Gasteiger partial charge is 0.490 e. The Morgan fingerprint density at radius 1 is 1.13 bits per heavy atom. The van der Waals surface area contributed by atoms with Gasteiger partial charge in [-0.15, -0.1) is 0 Å². The maximum absolute atomic E-state index is 12.9. The van der Waals surface area contributed by atoms with Crippen molar-refractivity contribution in [1.29, 1.82) is 0 Å². The highest BCUT2D eigenvalue weighted by molar-refractivity contribution is 7.89. The van der Waals surface area contributed by atoms with Crippen molar-refractivity contribution >= 4 is 21.9 Å². The van der Waals surface area contributed by atoms with E-state index in [0.717, 1.165) is 38.8 Å². The van der Waals surface area contributed by atoms with E-state index in [4.69, 9.17) is 20.4 Å². The number of sulfonamides is 1. The Labute approximate surface area is 217 Å². The van der Waals surface area contributed by atoms with E-state index in [2.05, 4.69) is 4.98 Å². The van der Waals surface area contributed by atoms with Crippen LogP contribution in [0.2, 0.25) is 0 Å². The van der Waals surface area contributed by atoms with Crippen LogP contribution < -0.4 is 10.5 Å². The van der Waals surface area contributed by atoms with E-state index in [1.807, 2.05) is 4.90 Å². The Kier molecular flexibility index (Phi) is 9.70. The van der Waals surface area contributed by atoms with Gasteiger partial charge in [0, 0.05) is 50.3 Å². The normalized spacial score (nSPS) is 19.8. The van der Waals surface area contributed by atoms with E-state index in [9.17, 15) is 30.8 Å². The number of nitrogens with two attached hydrogens (primary N) is 1. The zero-order valence-corrected chi connectivity index (χ0v) is 21.3. The van der Waals surface area contributed by atoms with Gasteiger partial charge in [-0.3, -0.25) is 4.79 Å². The zero-order valence-electron chi connectivity index (χ0n) is 20.4. The number of nitrogens with zero attached hydrogens (tertiary/aromatic N) is 3. The first-order chi connectivity index (χ1) is 17.9. The van der Waals surface area contributed by atoms with Gasteiger partial charge in [0.15, 0.2) is 0 Å². The Bertz CT molecular complexity index is 1110. The standard InChI is InChI=1S/C21H29FN4O4S.C2HF3O2/c22-9-15(10-23)14-30-20-4-3-19(11-24-20)31(28,29)26-12-18(13-26)16-5-7-25(8-6-16)21(27)17-1-2-17;3-2(4,5)1(6)7/h3-4,9,11,16-18H,1-2,5-8,10,12-14,23H2;(H,6,7)/b15-9+;. The molecule has 0 spiro atoms. The second-order valence-electron chi connectivity index (χ2n) is 9.41. The van der Waals surface area contributed by atoms with E-state index in [-0.39, 0.29) is 35.4 Å². The fourth-order valence-corrected chi connectivity index (χ4v) is 5.70. The van der Waals surface area contributed by atoms with Crippen LogP contribution in [-0.4, -0.2) is 85.1 Å². The predicted octanol–water partition coefficient (Wildman–Crippen LogP) is 2.17. The van der Waals surface area contributed by atoms with Gasteiger partial charge in [-0.2, -0.15) is 17.5 Å². The van der Waals surface area contributed by atoms with Crippen LogP contribution in [0.1, 0.15) is 25.7 Å². The Hall–Kier alpha value is -2.78. The molecule has 2 aliphatic heterocycles. The quantitative estimate of drug-likeness (QED) is 0.456. The summed E-state index contributed by atoms with van der Waals surface area (Å²) in [6, 6.07) is 2.91. The van der Waals surface area contributed by atoms with Crippen molar-refractivity contribution in [3.63, 3.8) is 0 Å². The van der Waals surface area contributed by atoms with E-state index in [0.29, 0.717) is 37.2 Å². The summed E-state index contributed by atoms with van der Waals surface area (Å²) in [6.45, 7) is 2.59. The summed E-state index contributed by atoms with van der Waals surface area (Å²) >= 11 is 0. The minimum Gasteiger partial charge on any atom is -0.475 e. The third kappa shape index (κ3) is 7.63. The zero-order chi connectivity index (χ0) is 28.1. The molecule has 0 unspecified atom stereocenters. The molecule has 0 aromatic carbocycles. The van der Waals surface area contributed by atoms with Crippen LogP contribution in [0.25, 0.3) is 0 Å². The molecule has 0 atom stereocenters. The first-order valence-electron chi connectivity index (χ1n) is 12.0. The lowest BCUT2D eigenvalue weighted by Crippen LogP contribution is -2.54. The molecule has 4 rings (SSSR count). The first kappa shape index (κ1) is 29.8. The van der Waals surface area contributed by atoms with Gasteiger partial charge in [0.25, 0.3) is 0 Å². The molecule has 38 heavy (non-hydrogen) atoms. The van der Waals surface area contributed by atoms with Crippen molar-refractivity contribution in [2.24, 2.45) is 23.5 Å². The van der Waals surface area contributed by atoms with Gasteiger partial charge in [0.05, 0.1) is 12.5 Å². The number of piperidine rings is 1. The Morgan fingerprint density at radius 2 is 1.74 bits per heavy atom. The summed E-state index contributed by atoms with van der Waals surface area (Å²) in [7, 11) is -3.60. The number of likely N-dealkylation sites (tertiary alicyclic amines) is 1. The number of carbonyl (C=O) groups is 2. The molecule has 3 fully saturated rings. The highest BCUT2D eigenvalue weighted by Crippen LogP contribution is 2.37. The van der Waals surface area contributed by atoms with Crippen LogP contribution in [0.3, 0.4) is 0 Å². The lowest BCUT2D eigenvalue weighted by atomic mass is 9.81. The van der Waals surface area contributed by atoms with E-state index < -0.39 is 22.2 Å². The number of hydrogen-bond acceptors (Lipinski definition) is 7. The summed E-state index contributed by atoms with van der Waals surface area (Å²) < 4.78 is 76.8. The summed E-state index contributed by atoms with van der Waals surface area (Å²) in [5.41, 5.74) is 5.66. The molecule has 3 heterocycles. The summed E-state index contributed by atoms with van der Waals surface area (Å²) in [5.74, 6) is -1.19. The van der Waals surface area contributed by atoms with Gasteiger partial charge in [-0.05, 0) is 43.6 Å². The number of amides is 1. The van der Waals surface area contributed by atoms with Gasteiger partial charge in [0.2, 0.25) is 21.8 Å². The van der Waals surface area contributed by atoms with Crippen molar-refractivity contribution in [1.82, 2.24) is 14.2 Å². The lowest BCUT2D eigenvalue weighted by Gasteiger charge is -2.45. The molecule has 212 valence electrons. The van der Waals surface area contributed by atoms with Crippen LogP contribution in [0.15, 0.2) is 35.1 Å². The summed E-state index contributed by atoms with van der Waals surface area (Å²) in [5, 5.41) is 7.12. The van der Waals surface area contributed by atoms with Crippen molar-refractivity contribution in [2.75, 3.05) is 39.3 Å². The Balaban J connectivity index is 0.000000505. The molecule has 1 aromatic rings. The number of rotatable bonds is 8. The maximum atomic E-state index is 12.9. The van der Waals surface area contributed by atoms with Crippen molar-refractivity contribution in [3.05, 3.63) is 30.2 Å². The first-order valence-corrected chi connectivity index (χ1v) is 13.5. The average molecular weight is 567 g/mol. The molecule has 1 aromatic heterocycles. The molecule has 2 saturated heterocycles. The monoisotopic (exact) mass is 566 g/mol. The molecule has 3 aliphatic rings. The summed E-state index contributed by atoms with van der Waals surface area (Å²) in [6.07, 6.45) is 0.528. The smallest absolute Gasteiger partial charge is 0.475 e. The van der Waals surface area contributed by atoms with Crippen molar-refractivity contribution < 1.29 is 45.4 Å². The predicted molar refractivity (Wildman–Crippen MR) is 126 cm³/mol. The SMILES string of the molecule is NC/C(=C\F)COc1ccc(S(=O)(=O)N2CC(C3CCN(C(=O)C4CC4)CC3)C2)cn1.O=C(O)C(F)(F)F. The number of aliphatic carboxylic acids is 1. The Morgan fingerprint density at radius 3 is 2.18 bits per heavy atom. The van der Waals surface area contributed by atoms with Crippen LogP contribution in [0.4, 0.5) is 17.6 Å². The highest BCUT2D eigenvalue weighted by atomic mass is 32.2. The molecular weight excluding hydrogens is 536 g/mol. The second kappa shape index (κ2) is 12.4. The number of ether oxygens (including phenoxy) is 1. The number of alkyl halides is 3. The molecule has 0 bridgehead atoms. The molecule has 0 radical (unpaired) electrons. The van der Waals surface area contributed by atoms with Crippen LogP contribution in [0, 0.1) is 17.8 Å². The van der Waals surface area contributed by atoms with Gasteiger partial charge >= 0.3 is 12.1 Å². The molecule has 1 saturated carbocycles. The number of carboxylic acid groups (broad SMARTS) is 1. The maximum Gasteiger partial charge on any atom is 0.490 e. The van der Waals surface area contributed by atoms with Crippen LogP contribution in [0.5, 0.6) is 5.88 Å². The van der Waals surface area contributed by atoms with Crippen molar-refractivity contribution in [2.45, 2.75) is 36.8 Å². The number of pyridine rings is 1. The minimum atomic E-state index is -5.08. The number of halogens is 4. The average Bonchev–Trinajstić information content (AvgIpc) is 3.69. The molecule has 1 aliphatic carbocycles. The highest BCUT2D eigenvalue weighted by Gasteiger charge is 2.43. The molecular formula is C23H30F4N4O6S. The van der Waals surface area contributed by atoms with Gasteiger partial charge < -0.3 is 20.5 Å². The molecule has 10 nitrogen and oxygen atoms in total. The minimum absolute atomic E-state index is 0.0366.